The van der Waals surface area contributed by atoms with Gasteiger partial charge in [0.25, 0.3) is 0 Å². The first kappa shape index (κ1) is 20.2. The van der Waals surface area contributed by atoms with Crippen molar-refractivity contribution in [3.8, 4) is 16.9 Å². The van der Waals surface area contributed by atoms with Gasteiger partial charge in [0.15, 0.2) is 0 Å². The van der Waals surface area contributed by atoms with Gasteiger partial charge in [0.2, 0.25) is 0 Å². The second kappa shape index (κ2) is 8.64. The van der Waals surface area contributed by atoms with E-state index in [1.54, 1.807) is 6.07 Å². The second-order valence-electron chi connectivity index (χ2n) is 7.50. The first-order valence-electron chi connectivity index (χ1n) is 9.47. The number of phenols is 1. The van der Waals surface area contributed by atoms with Crippen LogP contribution >= 0.6 is 12.4 Å². The average Bonchev–Trinajstić information content (AvgIpc) is 2.67. The summed E-state index contributed by atoms with van der Waals surface area (Å²) in [6.07, 6.45) is 2.11. The Morgan fingerprint density at radius 3 is 2.25 bits per heavy atom. The van der Waals surface area contributed by atoms with Crippen LogP contribution in [0.3, 0.4) is 0 Å². The molecule has 1 N–H and O–H groups in total. The molecule has 3 heteroatoms. The minimum absolute atomic E-state index is 0. The number of aryl methyl sites for hydroxylation is 1. The Kier molecular flexibility index (Phi) is 6.23. The smallest absolute Gasteiger partial charge is 0.116 e. The SMILES string of the molecule is CN(C)CC1=C(c2cccc(O)c2)c2ccc(-c3ccccc3)cc2CC1.Cl. The molecule has 28 heavy (non-hydrogen) atoms. The molecular formula is C25H26ClNO. The summed E-state index contributed by atoms with van der Waals surface area (Å²) < 4.78 is 0. The Bertz CT molecular complexity index is 992. The Hall–Kier alpha value is -2.55. The summed E-state index contributed by atoms with van der Waals surface area (Å²) in [5, 5.41) is 10.0. The van der Waals surface area contributed by atoms with Crippen molar-refractivity contribution in [2.45, 2.75) is 12.8 Å². The van der Waals surface area contributed by atoms with Gasteiger partial charge in [-0.25, -0.2) is 0 Å². The molecule has 4 rings (SSSR count). The number of halogens is 1. The zero-order valence-corrected chi connectivity index (χ0v) is 17.2. The fraction of sp³-hybridized carbons (Fsp3) is 0.200. The molecule has 1 aliphatic rings. The first-order valence-corrected chi connectivity index (χ1v) is 9.47. The lowest BCUT2D eigenvalue weighted by Crippen LogP contribution is -2.19. The number of benzene rings is 3. The molecule has 0 aliphatic heterocycles. The first-order chi connectivity index (χ1) is 13.1. The molecule has 144 valence electrons. The molecule has 0 amide bonds. The van der Waals surface area contributed by atoms with Gasteiger partial charge in [0.05, 0.1) is 0 Å². The molecule has 0 radical (unpaired) electrons. The molecule has 0 heterocycles. The number of aromatic hydroxyl groups is 1. The van der Waals surface area contributed by atoms with Crippen molar-refractivity contribution in [1.82, 2.24) is 4.90 Å². The monoisotopic (exact) mass is 391 g/mol. The molecular weight excluding hydrogens is 366 g/mol. The average molecular weight is 392 g/mol. The van der Waals surface area contributed by atoms with Crippen LogP contribution in [-0.4, -0.2) is 30.6 Å². The van der Waals surface area contributed by atoms with Crippen LogP contribution < -0.4 is 0 Å². The minimum Gasteiger partial charge on any atom is -0.508 e. The molecule has 0 aromatic heterocycles. The predicted octanol–water partition coefficient (Wildman–Crippen LogP) is 5.79. The minimum atomic E-state index is 0. The lowest BCUT2D eigenvalue weighted by Gasteiger charge is -2.26. The Labute approximate surface area is 173 Å². The van der Waals surface area contributed by atoms with E-state index in [0.717, 1.165) is 24.9 Å². The van der Waals surface area contributed by atoms with Crippen molar-refractivity contribution in [3.63, 3.8) is 0 Å². The molecule has 0 bridgehead atoms. The van der Waals surface area contributed by atoms with Crippen molar-refractivity contribution in [3.05, 3.63) is 95.1 Å². The van der Waals surface area contributed by atoms with Crippen LogP contribution in [0.25, 0.3) is 16.7 Å². The molecule has 0 atom stereocenters. The van der Waals surface area contributed by atoms with Crippen LogP contribution in [0.2, 0.25) is 0 Å². The molecule has 0 unspecified atom stereocenters. The molecule has 0 saturated heterocycles. The summed E-state index contributed by atoms with van der Waals surface area (Å²) in [5.74, 6) is 0.317. The third-order valence-electron chi connectivity index (χ3n) is 5.17. The van der Waals surface area contributed by atoms with Gasteiger partial charge in [0, 0.05) is 6.54 Å². The number of likely N-dealkylation sites (N-methyl/N-ethyl adjacent to an activating group) is 1. The molecule has 0 spiro atoms. The maximum absolute atomic E-state index is 10.0. The zero-order chi connectivity index (χ0) is 18.8. The Morgan fingerprint density at radius 1 is 0.786 bits per heavy atom. The number of hydrogen-bond donors (Lipinski definition) is 1. The highest BCUT2D eigenvalue weighted by Crippen LogP contribution is 2.38. The van der Waals surface area contributed by atoms with E-state index in [9.17, 15) is 5.11 Å². The summed E-state index contributed by atoms with van der Waals surface area (Å²) in [6.45, 7) is 0.935. The maximum atomic E-state index is 10.0. The number of hydrogen-bond acceptors (Lipinski definition) is 2. The second-order valence-corrected chi connectivity index (χ2v) is 7.50. The van der Waals surface area contributed by atoms with Gasteiger partial charge in [-0.15, -0.1) is 12.4 Å². The highest BCUT2D eigenvalue weighted by Gasteiger charge is 2.21. The summed E-state index contributed by atoms with van der Waals surface area (Å²) >= 11 is 0. The standard InChI is InChI=1S/C25H25NO.ClH/c1-26(2)17-22-12-11-20-15-19(18-7-4-3-5-8-18)13-14-24(20)25(22)21-9-6-10-23(27)16-21;/h3-10,13-16,27H,11-12,17H2,1-2H3;1H. The van der Waals surface area contributed by atoms with Crippen molar-refractivity contribution in [2.75, 3.05) is 20.6 Å². The summed E-state index contributed by atoms with van der Waals surface area (Å²) in [4.78, 5) is 2.22. The number of phenolic OH excluding ortho intramolecular Hbond substituents is 1. The van der Waals surface area contributed by atoms with Gasteiger partial charge in [0.1, 0.15) is 5.75 Å². The highest BCUT2D eigenvalue weighted by atomic mass is 35.5. The van der Waals surface area contributed by atoms with Gasteiger partial charge in [-0.2, -0.15) is 0 Å². The van der Waals surface area contributed by atoms with Crippen molar-refractivity contribution < 1.29 is 5.11 Å². The zero-order valence-electron chi connectivity index (χ0n) is 16.4. The van der Waals surface area contributed by atoms with E-state index in [4.69, 9.17) is 0 Å². The summed E-state index contributed by atoms with van der Waals surface area (Å²) in [6, 6.07) is 25.0. The molecule has 2 nitrogen and oxygen atoms in total. The highest BCUT2D eigenvalue weighted by molar-refractivity contribution is 5.87. The normalized spacial score (nSPS) is 13.2. The van der Waals surface area contributed by atoms with E-state index in [1.807, 2.05) is 12.1 Å². The van der Waals surface area contributed by atoms with Gasteiger partial charge in [-0.3, -0.25) is 0 Å². The molecule has 1 aliphatic carbocycles. The van der Waals surface area contributed by atoms with Crippen molar-refractivity contribution in [2.24, 2.45) is 0 Å². The van der Waals surface area contributed by atoms with E-state index >= 15 is 0 Å². The van der Waals surface area contributed by atoms with Gasteiger partial charge in [-0.1, -0.05) is 60.7 Å². The van der Waals surface area contributed by atoms with Crippen LogP contribution in [0.15, 0.2) is 78.4 Å². The van der Waals surface area contributed by atoms with E-state index in [2.05, 4.69) is 73.6 Å². The van der Waals surface area contributed by atoms with Crippen LogP contribution in [0, 0.1) is 0 Å². The quantitative estimate of drug-likeness (QED) is 0.608. The third-order valence-corrected chi connectivity index (χ3v) is 5.17. The molecule has 3 aromatic rings. The van der Waals surface area contributed by atoms with Crippen LogP contribution in [0.1, 0.15) is 23.1 Å². The topological polar surface area (TPSA) is 23.5 Å². The van der Waals surface area contributed by atoms with Crippen LogP contribution in [0.4, 0.5) is 0 Å². The van der Waals surface area contributed by atoms with E-state index in [0.29, 0.717) is 5.75 Å². The van der Waals surface area contributed by atoms with Crippen LogP contribution in [0.5, 0.6) is 5.75 Å². The number of fused-ring (bicyclic) bond motifs is 1. The van der Waals surface area contributed by atoms with E-state index < -0.39 is 0 Å². The van der Waals surface area contributed by atoms with Crippen LogP contribution in [-0.2, 0) is 6.42 Å². The van der Waals surface area contributed by atoms with Crippen molar-refractivity contribution >= 4 is 18.0 Å². The molecule has 0 saturated carbocycles. The lowest BCUT2D eigenvalue weighted by molar-refractivity contribution is 0.439. The number of rotatable bonds is 4. The number of nitrogens with zero attached hydrogens (tertiary/aromatic N) is 1. The lowest BCUT2D eigenvalue weighted by atomic mass is 9.81. The Morgan fingerprint density at radius 2 is 1.54 bits per heavy atom. The molecule has 3 aromatic carbocycles. The third kappa shape index (κ3) is 4.14. The largest absolute Gasteiger partial charge is 0.508 e. The van der Waals surface area contributed by atoms with Gasteiger partial charge in [-0.05, 0) is 78.0 Å². The summed E-state index contributed by atoms with van der Waals surface area (Å²) in [7, 11) is 4.22. The van der Waals surface area contributed by atoms with E-state index in [-0.39, 0.29) is 12.4 Å². The Balaban J connectivity index is 0.00000225. The van der Waals surface area contributed by atoms with Crippen molar-refractivity contribution in [1.29, 1.82) is 0 Å². The summed E-state index contributed by atoms with van der Waals surface area (Å²) in [5.41, 5.74) is 9.01. The van der Waals surface area contributed by atoms with Gasteiger partial charge >= 0.3 is 0 Å². The fourth-order valence-corrected chi connectivity index (χ4v) is 4.02. The fourth-order valence-electron chi connectivity index (χ4n) is 4.02. The van der Waals surface area contributed by atoms with Gasteiger partial charge < -0.3 is 10.0 Å². The predicted molar refractivity (Wildman–Crippen MR) is 120 cm³/mol. The van der Waals surface area contributed by atoms with E-state index in [1.165, 1.54) is 33.4 Å². The molecule has 0 fully saturated rings. The maximum Gasteiger partial charge on any atom is 0.116 e.